The van der Waals surface area contributed by atoms with E-state index < -0.39 is 23.1 Å². The zero-order chi connectivity index (χ0) is 18.2. The molecule has 0 spiro atoms. The van der Waals surface area contributed by atoms with Crippen LogP contribution in [0.25, 0.3) is 0 Å². The SMILES string of the molecule is CC1=NC(C)=C(C(=O)OC(C)(C)C)[C@@H](C)C1C(=O)OC(C)(C)C. The number of carbonyl (C=O) groups excluding carboxylic acids is 2. The second-order valence-electron chi connectivity index (χ2n) is 8.05. The maximum Gasteiger partial charge on any atom is 0.336 e. The molecule has 0 aromatic rings. The number of hydrogen-bond donors (Lipinski definition) is 0. The van der Waals surface area contributed by atoms with E-state index in [1.54, 1.807) is 13.8 Å². The number of carbonyl (C=O) groups is 2. The van der Waals surface area contributed by atoms with E-state index >= 15 is 0 Å². The number of rotatable bonds is 2. The highest BCUT2D eigenvalue weighted by molar-refractivity contribution is 6.05. The Labute approximate surface area is 139 Å². The van der Waals surface area contributed by atoms with Crippen molar-refractivity contribution in [2.24, 2.45) is 16.8 Å². The Hall–Kier alpha value is -1.65. The molecule has 2 atom stereocenters. The van der Waals surface area contributed by atoms with Crippen LogP contribution in [-0.2, 0) is 19.1 Å². The third-order valence-electron chi connectivity index (χ3n) is 3.42. The van der Waals surface area contributed by atoms with Crippen LogP contribution >= 0.6 is 0 Å². The molecule has 0 saturated heterocycles. The molecule has 0 amide bonds. The van der Waals surface area contributed by atoms with Gasteiger partial charge < -0.3 is 9.47 Å². The summed E-state index contributed by atoms with van der Waals surface area (Å²) in [6.45, 7) is 16.3. The molecule has 1 unspecified atom stereocenters. The van der Waals surface area contributed by atoms with E-state index in [4.69, 9.17) is 9.47 Å². The zero-order valence-corrected chi connectivity index (χ0v) is 15.7. The van der Waals surface area contributed by atoms with Gasteiger partial charge in [0.05, 0.1) is 5.57 Å². The summed E-state index contributed by atoms with van der Waals surface area (Å²) in [5.74, 6) is -1.69. The summed E-state index contributed by atoms with van der Waals surface area (Å²) in [5.41, 5.74) is 0.531. The van der Waals surface area contributed by atoms with Gasteiger partial charge in [0.1, 0.15) is 17.1 Å². The van der Waals surface area contributed by atoms with Crippen molar-refractivity contribution in [3.05, 3.63) is 11.3 Å². The maximum absolute atomic E-state index is 12.5. The second kappa shape index (κ2) is 6.46. The molecule has 0 radical (unpaired) electrons. The van der Waals surface area contributed by atoms with Crippen LogP contribution in [0.4, 0.5) is 0 Å². The van der Waals surface area contributed by atoms with Gasteiger partial charge in [0.2, 0.25) is 0 Å². The minimum Gasteiger partial charge on any atom is -0.459 e. The fraction of sp³-hybridized carbons (Fsp3) is 0.722. The van der Waals surface area contributed by atoms with Crippen molar-refractivity contribution in [2.75, 3.05) is 0 Å². The largest absolute Gasteiger partial charge is 0.459 e. The molecule has 0 aliphatic carbocycles. The van der Waals surface area contributed by atoms with Crippen LogP contribution in [0.5, 0.6) is 0 Å². The fourth-order valence-corrected chi connectivity index (χ4v) is 2.66. The molecular formula is C18H29NO4. The van der Waals surface area contributed by atoms with Gasteiger partial charge >= 0.3 is 11.9 Å². The monoisotopic (exact) mass is 323 g/mol. The Balaban J connectivity index is 3.13. The van der Waals surface area contributed by atoms with Gasteiger partial charge in [0.25, 0.3) is 0 Å². The van der Waals surface area contributed by atoms with Crippen molar-refractivity contribution in [2.45, 2.75) is 73.5 Å². The van der Waals surface area contributed by atoms with Gasteiger partial charge in [0, 0.05) is 17.3 Å². The Morgan fingerprint density at radius 2 is 1.43 bits per heavy atom. The van der Waals surface area contributed by atoms with E-state index in [1.165, 1.54) is 0 Å². The van der Waals surface area contributed by atoms with Crippen molar-refractivity contribution >= 4 is 17.7 Å². The average Bonchev–Trinajstić information content (AvgIpc) is 2.21. The quantitative estimate of drug-likeness (QED) is 0.727. The molecule has 0 aromatic heterocycles. The minimum absolute atomic E-state index is 0.336. The van der Waals surface area contributed by atoms with Crippen molar-refractivity contribution in [1.29, 1.82) is 0 Å². The molecule has 1 aliphatic heterocycles. The summed E-state index contributed by atoms with van der Waals surface area (Å²) in [6, 6.07) is 0. The van der Waals surface area contributed by atoms with Gasteiger partial charge in [-0.05, 0) is 55.4 Å². The minimum atomic E-state index is -0.596. The Bertz CT molecular complexity index is 559. The summed E-state index contributed by atoms with van der Waals surface area (Å²) in [4.78, 5) is 29.4. The van der Waals surface area contributed by atoms with Crippen molar-refractivity contribution in [3.8, 4) is 0 Å². The predicted molar refractivity (Wildman–Crippen MR) is 90.2 cm³/mol. The normalized spacial score (nSPS) is 22.6. The molecule has 0 N–H and O–H groups in total. The van der Waals surface area contributed by atoms with Gasteiger partial charge in [-0.25, -0.2) is 4.79 Å². The molecule has 1 aliphatic rings. The third-order valence-corrected chi connectivity index (χ3v) is 3.42. The van der Waals surface area contributed by atoms with Crippen LogP contribution in [0.2, 0.25) is 0 Å². The van der Waals surface area contributed by atoms with Crippen LogP contribution in [0, 0.1) is 11.8 Å². The first-order valence-corrected chi connectivity index (χ1v) is 7.95. The lowest BCUT2D eigenvalue weighted by molar-refractivity contribution is -0.159. The van der Waals surface area contributed by atoms with Crippen LogP contribution in [0.3, 0.4) is 0 Å². The average molecular weight is 323 g/mol. The van der Waals surface area contributed by atoms with Crippen molar-refractivity contribution < 1.29 is 19.1 Å². The second-order valence-corrected chi connectivity index (χ2v) is 8.05. The number of aliphatic imine (C=N–C) groups is 1. The molecule has 1 rings (SSSR count). The van der Waals surface area contributed by atoms with Gasteiger partial charge in [0.15, 0.2) is 0 Å². The Kier molecular flexibility index (Phi) is 5.45. The smallest absolute Gasteiger partial charge is 0.336 e. The van der Waals surface area contributed by atoms with Crippen LogP contribution < -0.4 is 0 Å². The Morgan fingerprint density at radius 1 is 0.957 bits per heavy atom. The molecule has 23 heavy (non-hydrogen) atoms. The highest BCUT2D eigenvalue weighted by atomic mass is 16.6. The standard InChI is InChI=1S/C18H29NO4/c1-10-13(15(20)22-17(4,5)6)11(2)19-12(3)14(10)16(21)23-18(7,8)9/h10,13H,1-9H3/t10-,13?/m0/s1. The number of esters is 2. The van der Waals surface area contributed by atoms with E-state index in [9.17, 15) is 9.59 Å². The summed E-state index contributed by atoms with van der Waals surface area (Å²) in [6.07, 6.45) is 0. The molecule has 5 heteroatoms. The summed E-state index contributed by atoms with van der Waals surface area (Å²) < 4.78 is 11.0. The highest BCUT2D eigenvalue weighted by Crippen LogP contribution is 2.33. The van der Waals surface area contributed by atoms with Crippen LogP contribution in [0.15, 0.2) is 16.3 Å². The predicted octanol–water partition coefficient (Wildman–Crippen LogP) is 3.67. The molecule has 5 nitrogen and oxygen atoms in total. The molecule has 0 fully saturated rings. The van der Waals surface area contributed by atoms with E-state index in [-0.39, 0.29) is 11.9 Å². The Morgan fingerprint density at radius 3 is 1.87 bits per heavy atom. The lowest BCUT2D eigenvalue weighted by atomic mass is 9.81. The first-order chi connectivity index (χ1) is 10.2. The summed E-state index contributed by atoms with van der Waals surface area (Å²) >= 11 is 0. The summed E-state index contributed by atoms with van der Waals surface area (Å²) in [5, 5.41) is 0. The highest BCUT2D eigenvalue weighted by Gasteiger charge is 2.40. The van der Waals surface area contributed by atoms with E-state index in [0.29, 0.717) is 17.0 Å². The molecule has 0 saturated carbocycles. The fourth-order valence-electron chi connectivity index (χ4n) is 2.66. The van der Waals surface area contributed by atoms with E-state index in [1.807, 2.05) is 48.5 Å². The molecular weight excluding hydrogens is 294 g/mol. The third kappa shape index (κ3) is 5.19. The first kappa shape index (κ1) is 19.4. The first-order valence-electron chi connectivity index (χ1n) is 7.95. The lowest BCUT2D eigenvalue weighted by Crippen LogP contribution is -2.40. The van der Waals surface area contributed by atoms with Crippen molar-refractivity contribution in [1.82, 2.24) is 0 Å². The lowest BCUT2D eigenvalue weighted by Gasteiger charge is -2.32. The van der Waals surface area contributed by atoms with Gasteiger partial charge in [-0.2, -0.15) is 0 Å². The van der Waals surface area contributed by atoms with Gasteiger partial charge in [-0.15, -0.1) is 0 Å². The van der Waals surface area contributed by atoms with Crippen LogP contribution in [0.1, 0.15) is 62.3 Å². The molecule has 0 bridgehead atoms. The molecule has 1 heterocycles. The molecule has 0 aromatic carbocycles. The summed E-state index contributed by atoms with van der Waals surface area (Å²) in [7, 11) is 0. The van der Waals surface area contributed by atoms with Crippen LogP contribution in [-0.4, -0.2) is 28.9 Å². The zero-order valence-electron chi connectivity index (χ0n) is 15.7. The number of hydrogen-bond acceptors (Lipinski definition) is 5. The van der Waals surface area contributed by atoms with E-state index in [0.717, 1.165) is 0 Å². The topological polar surface area (TPSA) is 65.0 Å². The van der Waals surface area contributed by atoms with Gasteiger partial charge in [-0.3, -0.25) is 9.79 Å². The van der Waals surface area contributed by atoms with E-state index in [2.05, 4.69) is 4.99 Å². The number of nitrogens with zero attached hydrogens (tertiary/aromatic N) is 1. The number of ether oxygens (including phenoxy) is 2. The maximum atomic E-state index is 12.5. The van der Waals surface area contributed by atoms with Crippen molar-refractivity contribution in [3.63, 3.8) is 0 Å². The van der Waals surface area contributed by atoms with Gasteiger partial charge in [-0.1, -0.05) is 6.92 Å². The number of allylic oxidation sites excluding steroid dienone is 1. The molecule has 130 valence electrons.